The Labute approximate surface area is 155 Å². The fourth-order valence-electron chi connectivity index (χ4n) is 5.96. The summed E-state index contributed by atoms with van der Waals surface area (Å²) >= 11 is 0. The fourth-order valence-corrected chi connectivity index (χ4v) is 5.96. The van der Waals surface area contributed by atoms with Gasteiger partial charge >= 0.3 is 0 Å². The molecule has 134 valence electrons. The standard InChI is InChI=1S/C24H26O2/c1-24-10-9-20-19-8-7-17(25)11-16(19)12-21(15-5-3-2-4-6-15)23(20)22(24)13-18(26)14-24/h2-8,11,18,21-22,25-26H,9-10,12-14H2,1H3/t18-,21-,22-,24+/m0/s1. The first-order valence-corrected chi connectivity index (χ1v) is 9.83. The molecule has 0 radical (unpaired) electrons. The number of aliphatic hydroxyl groups is 1. The first kappa shape index (κ1) is 16.1. The number of rotatable bonds is 1. The Kier molecular flexibility index (Phi) is 3.55. The molecule has 2 nitrogen and oxygen atoms in total. The number of benzene rings is 2. The van der Waals surface area contributed by atoms with Crippen LogP contribution >= 0.6 is 0 Å². The SMILES string of the molecule is C[C@]12CCC3=C([C@H](c4ccccc4)Cc4cc(O)ccc43)[C@@H]1C[C@H](O)C2. The molecule has 2 N–H and O–H groups in total. The van der Waals surface area contributed by atoms with Crippen LogP contribution in [-0.2, 0) is 6.42 Å². The quantitative estimate of drug-likeness (QED) is 0.758. The van der Waals surface area contributed by atoms with Crippen LogP contribution in [0.2, 0.25) is 0 Å². The topological polar surface area (TPSA) is 40.5 Å². The second-order valence-electron chi connectivity index (χ2n) is 8.74. The molecule has 3 aliphatic carbocycles. The Hall–Kier alpha value is -2.06. The van der Waals surface area contributed by atoms with Gasteiger partial charge in [0.25, 0.3) is 0 Å². The first-order valence-electron chi connectivity index (χ1n) is 9.83. The van der Waals surface area contributed by atoms with E-state index in [1.807, 2.05) is 12.1 Å². The van der Waals surface area contributed by atoms with Crippen LogP contribution in [0, 0.1) is 11.3 Å². The highest BCUT2D eigenvalue weighted by Gasteiger charge is 2.50. The van der Waals surface area contributed by atoms with Crippen molar-refractivity contribution in [2.24, 2.45) is 11.3 Å². The number of hydrogen-bond donors (Lipinski definition) is 2. The van der Waals surface area contributed by atoms with Gasteiger partial charge in [-0.2, -0.15) is 0 Å². The first-order chi connectivity index (χ1) is 12.5. The van der Waals surface area contributed by atoms with Crippen molar-refractivity contribution in [1.82, 2.24) is 0 Å². The highest BCUT2D eigenvalue weighted by molar-refractivity contribution is 5.77. The zero-order valence-electron chi connectivity index (χ0n) is 15.3. The summed E-state index contributed by atoms with van der Waals surface area (Å²) in [6.45, 7) is 2.38. The summed E-state index contributed by atoms with van der Waals surface area (Å²) in [7, 11) is 0. The molecule has 0 aliphatic heterocycles. The maximum Gasteiger partial charge on any atom is 0.115 e. The molecule has 2 heteroatoms. The second-order valence-corrected chi connectivity index (χ2v) is 8.74. The summed E-state index contributed by atoms with van der Waals surface area (Å²) in [5, 5.41) is 20.5. The Bertz CT molecular complexity index is 882. The molecule has 0 saturated heterocycles. The maximum atomic E-state index is 10.4. The van der Waals surface area contributed by atoms with E-state index in [-0.39, 0.29) is 11.5 Å². The van der Waals surface area contributed by atoms with Crippen LogP contribution in [0.25, 0.3) is 5.57 Å². The molecule has 0 unspecified atom stereocenters. The van der Waals surface area contributed by atoms with E-state index in [1.54, 1.807) is 5.57 Å². The zero-order chi connectivity index (χ0) is 17.9. The van der Waals surface area contributed by atoms with Crippen molar-refractivity contribution in [2.75, 3.05) is 0 Å². The molecule has 0 bridgehead atoms. The van der Waals surface area contributed by atoms with Crippen LogP contribution in [0.4, 0.5) is 0 Å². The number of phenols is 1. The van der Waals surface area contributed by atoms with Crippen molar-refractivity contribution in [2.45, 2.75) is 51.0 Å². The fraction of sp³-hybridized carbons (Fsp3) is 0.417. The number of aromatic hydroxyl groups is 1. The number of hydrogen-bond acceptors (Lipinski definition) is 2. The van der Waals surface area contributed by atoms with Gasteiger partial charge in [0.2, 0.25) is 0 Å². The monoisotopic (exact) mass is 346 g/mol. The molecule has 26 heavy (non-hydrogen) atoms. The molecule has 0 spiro atoms. The molecule has 2 aromatic carbocycles. The maximum absolute atomic E-state index is 10.4. The summed E-state index contributed by atoms with van der Waals surface area (Å²) in [6.07, 6.45) is 4.82. The second kappa shape index (κ2) is 5.72. The van der Waals surface area contributed by atoms with Crippen molar-refractivity contribution in [3.05, 3.63) is 70.8 Å². The van der Waals surface area contributed by atoms with E-state index in [1.165, 1.54) is 22.3 Å². The van der Waals surface area contributed by atoms with E-state index in [9.17, 15) is 10.2 Å². The van der Waals surface area contributed by atoms with E-state index < -0.39 is 0 Å². The van der Waals surface area contributed by atoms with Crippen LogP contribution < -0.4 is 0 Å². The molecule has 1 fully saturated rings. The Morgan fingerprint density at radius 1 is 1.08 bits per heavy atom. The van der Waals surface area contributed by atoms with Crippen molar-refractivity contribution < 1.29 is 10.2 Å². The third-order valence-corrected chi connectivity index (χ3v) is 7.14. The minimum atomic E-state index is -0.172. The van der Waals surface area contributed by atoms with Gasteiger partial charge < -0.3 is 10.2 Å². The van der Waals surface area contributed by atoms with Gasteiger partial charge in [-0.15, -0.1) is 0 Å². The lowest BCUT2D eigenvalue weighted by Crippen LogP contribution is -2.33. The van der Waals surface area contributed by atoms with Crippen LogP contribution in [-0.4, -0.2) is 16.3 Å². The van der Waals surface area contributed by atoms with E-state index in [0.717, 1.165) is 32.1 Å². The predicted octanol–water partition coefficient (Wildman–Crippen LogP) is 5.06. The lowest BCUT2D eigenvalue weighted by molar-refractivity contribution is 0.159. The molecule has 0 amide bonds. The van der Waals surface area contributed by atoms with Crippen LogP contribution in [0.5, 0.6) is 5.75 Å². The van der Waals surface area contributed by atoms with Gasteiger partial charge in [-0.1, -0.05) is 48.9 Å². The number of allylic oxidation sites excluding steroid dienone is 2. The van der Waals surface area contributed by atoms with Gasteiger partial charge in [0, 0.05) is 5.92 Å². The van der Waals surface area contributed by atoms with Gasteiger partial charge in [0.1, 0.15) is 5.75 Å². The average molecular weight is 346 g/mol. The molecule has 5 rings (SSSR count). The summed E-state index contributed by atoms with van der Waals surface area (Å²) in [4.78, 5) is 0. The summed E-state index contributed by atoms with van der Waals surface area (Å²) in [5.74, 6) is 1.18. The van der Waals surface area contributed by atoms with Gasteiger partial charge in [-0.25, -0.2) is 0 Å². The van der Waals surface area contributed by atoms with Gasteiger partial charge in [0.15, 0.2) is 0 Å². The highest BCUT2D eigenvalue weighted by atomic mass is 16.3. The van der Waals surface area contributed by atoms with Crippen LogP contribution in [0.1, 0.15) is 55.2 Å². The van der Waals surface area contributed by atoms with Crippen LogP contribution in [0.15, 0.2) is 54.1 Å². The molecule has 1 saturated carbocycles. The smallest absolute Gasteiger partial charge is 0.115 e. The van der Waals surface area contributed by atoms with Crippen molar-refractivity contribution in [3.8, 4) is 5.75 Å². The predicted molar refractivity (Wildman–Crippen MR) is 104 cm³/mol. The molecule has 0 aromatic heterocycles. The van der Waals surface area contributed by atoms with E-state index in [0.29, 0.717) is 17.6 Å². The summed E-state index contributed by atoms with van der Waals surface area (Å²) < 4.78 is 0. The highest BCUT2D eigenvalue weighted by Crippen LogP contribution is 2.60. The Morgan fingerprint density at radius 3 is 2.69 bits per heavy atom. The molecule has 3 aliphatic rings. The summed E-state index contributed by atoms with van der Waals surface area (Å²) in [5.41, 5.74) is 7.23. The minimum Gasteiger partial charge on any atom is -0.508 e. The van der Waals surface area contributed by atoms with Gasteiger partial charge in [-0.3, -0.25) is 0 Å². The van der Waals surface area contributed by atoms with Gasteiger partial charge in [0.05, 0.1) is 6.10 Å². The lowest BCUT2D eigenvalue weighted by Gasteiger charge is -2.45. The molecule has 0 heterocycles. The molecular weight excluding hydrogens is 320 g/mol. The number of aliphatic hydroxyl groups excluding tert-OH is 1. The number of phenolic OH excluding ortho intramolecular Hbond substituents is 1. The van der Waals surface area contributed by atoms with Crippen molar-refractivity contribution in [1.29, 1.82) is 0 Å². The Morgan fingerprint density at radius 2 is 1.88 bits per heavy atom. The third kappa shape index (κ3) is 2.35. The number of fused-ring (bicyclic) bond motifs is 4. The van der Waals surface area contributed by atoms with E-state index >= 15 is 0 Å². The molecule has 2 aromatic rings. The average Bonchev–Trinajstić information content (AvgIpc) is 2.95. The normalized spacial score (nSPS) is 32.8. The minimum absolute atomic E-state index is 0.172. The lowest BCUT2D eigenvalue weighted by atomic mass is 9.59. The largest absolute Gasteiger partial charge is 0.508 e. The molecular formula is C24H26O2. The van der Waals surface area contributed by atoms with Crippen molar-refractivity contribution >= 4 is 5.57 Å². The van der Waals surface area contributed by atoms with Crippen LogP contribution in [0.3, 0.4) is 0 Å². The molecule has 4 atom stereocenters. The van der Waals surface area contributed by atoms with Crippen molar-refractivity contribution in [3.63, 3.8) is 0 Å². The summed E-state index contributed by atoms with van der Waals surface area (Å²) in [6, 6.07) is 16.7. The van der Waals surface area contributed by atoms with Gasteiger partial charge in [-0.05, 0) is 77.8 Å². The van der Waals surface area contributed by atoms with E-state index in [4.69, 9.17) is 0 Å². The Balaban J connectivity index is 1.72. The third-order valence-electron chi connectivity index (χ3n) is 7.14. The van der Waals surface area contributed by atoms with E-state index in [2.05, 4.69) is 43.3 Å². The zero-order valence-corrected chi connectivity index (χ0v) is 15.3.